The first-order chi connectivity index (χ1) is 12.9. The molecule has 2 aliphatic rings. The van der Waals surface area contributed by atoms with Crippen LogP contribution in [0.15, 0.2) is 57.9 Å². The van der Waals surface area contributed by atoms with Gasteiger partial charge in [0, 0.05) is 76.5 Å². The van der Waals surface area contributed by atoms with E-state index in [2.05, 4.69) is 0 Å². The Hall–Kier alpha value is 0.120. The molecule has 2 unspecified atom stereocenters. The maximum atomic E-state index is 12.2. The zero-order valence-corrected chi connectivity index (χ0v) is 24.0. The van der Waals surface area contributed by atoms with Crippen molar-refractivity contribution >= 4 is 116 Å². The summed E-state index contributed by atoms with van der Waals surface area (Å²) in [6, 6.07) is 10.2. The normalized spacial score (nSPS) is 19.3. The van der Waals surface area contributed by atoms with Gasteiger partial charge in [-0.15, -0.1) is 0 Å². The molecule has 0 spiro atoms. The summed E-state index contributed by atoms with van der Waals surface area (Å²) in [6.07, 6.45) is 3.28. The number of ketones is 1. The quantitative estimate of drug-likeness (QED) is 0.389. The second-order valence-corrected chi connectivity index (χ2v) is 8.37. The van der Waals surface area contributed by atoms with Gasteiger partial charge in [-0.25, -0.2) is 4.79 Å². The molecule has 1 aliphatic heterocycles. The van der Waals surface area contributed by atoms with Gasteiger partial charge in [0.25, 0.3) is 0 Å². The fraction of sp³-hybridized carbons (Fsp3) is 0.100. The van der Waals surface area contributed by atoms with Gasteiger partial charge >= 0.3 is 5.97 Å². The van der Waals surface area contributed by atoms with Crippen molar-refractivity contribution in [1.82, 2.24) is 0 Å². The Morgan fingerprint density at radius 3 is 2.41 bits per heavy atom. The fourth-order valence-electron chi connectivity index (χ4n) is 3.53. The van der Waals surface area contributed by atoms with E-state index in [1.165, 1.54) is 6.08 Å². The first-order valence-corrected chi connectivity index (χ1v) is 10.2. The predicted octanol–water partition coefficient (Wildman–Crippen LogP) is 3.86. The van der Waals surface area contributed by atoms with E-state index in [1.807, 2.05) is 45.2 Å². The van der Waals surface area contributed by atoms with Gasteiger partial charge in [0.05, 0.1) is 12.7 Å². The maximum Gasteiger partial charge on any atom is 0.335 e. The molecule has 0 saturated heterocycles. The van der Waals surface area contributed by atoms with Gasteiger partial charge in [0.1, 0.15) is 17.3 Å². The average Bonchev–Trinajstić information content (AvgIpc) is 2.66. The molecule has 1 aliphatic carbocycles. The molecule has 29 heavy (non-hydrogen) atoms. The maximum absolute atomic E-state index is 12.2. The van der Waals surface area contributed by atoms with Gasteiger partial charge in [0.15, 0.2) is 5.78 Å². The zero-order chi connectivity index (χ0) is 19.3. The number of phenolic OH excluding ortho intramolecular Hbond substituents is 1. The average molecular weight is 632 g/mol. The van der Waals surface area contributed by atoms with E-state index in [-0.39, 0.29) is 88.0 Å². The molecule has 4 rings (SSSR count). The van der Waals surface area contributed by atoms with Crippen LogP contribution in [0, 0.1) is 9.49 Å². The van der Waals surface area contributed by atoms with Gasteiger partial charge in [-0.3, -0.25) is 4.79 Å². The van der Waals surface area contributed by atoms with Crippen LogP contribution in [-0.4, -0.2) is 81.1 Å². The minimum absolute atomic E-state index is 0. The first kappa shape index (κ1) is 25.4. The third-order valence-corrected chi connectivity index (χ3v) is 6.84. The summed E-state index contributed by atoms with van der Waals surface area (Å²) in [6.45, 7) is 0. The number of carboxylic acid groups (broad SMARTS) is 1. The standard InChI is InChI=1S/C20H12I2O5.2Na/c21-16-13(23)7-5-11-15(9-3-1-2-4-10(9)20(25)26)12-6-8-14(24)17(22)19(12)27-18(11)16;;/h1-8,11,15,24H,(H,25,26);;. The van der Waals surface area contributed by atoms with Crippen molar-refractivity contribution in [1.29, 1.82) is 0 Å². The summed E-state index contributed by atoms with van der Waals surface area (Å²) >= 11 is 3.96. The second kappa shape index (κ2) is 10.2. The molecule has 2 N–H and O–H groups in total. The van der Waals surface area contributed by atoms with E-state index in [4.69, 9.17) is 4.74 Å². The number of aromatic carboxylic acids is 1. The Labute approximate surface area is 238 Å². The molecule has 138 valence electrons. The fourth-order valence-corrected chi connectivity index (χ4v) is 4.78. The van der Waals surface area contributed by atoms with Crippen LogP contribution in [0.25, 0.3) is 0 Å². The molecule has 0 aromatic heterocycles. The van der Waals surface area contributed by atoms with E-state index in [9.17, 15) is 19.8 Å². The van der Waals surface area contributed by atoms with Crippen molar-refractivity contribution in [3.8, 4) is 11.5 Å². The summed E-state index contributed by atoms with van der Waals surface area (Å²) < 4.78 is 7.06. The van der Waals surface area contributed by atoms with Crippen molar-refractivity contribution in [2.45, 2.75) is 5.92 Å². The second-order valence-electron chi connectivity index (χ2n) is 6.22. The number of carbonyl (C=O) groups is 2. The third kappa shape index (κ3) is 4.52. The molecular formula is C20H12I2Na2O5. The summed E-state index contributed by atoms with van der Waals surface area (Å²) in [7, 11) is 0. The molecule has 0 amide bonds. The van der Waals surface area contributed by atoms with Crippen LogP contribution in [0.1, 0.15) is 27.4 Å². The Bertz CT molecular complexity index is 1060. The number of rotatable bonds is 2. The number of hydrogen-bond donors (Lipinski definition) is 2. The molecule has 1 heterocycles. The summed E-state index contributed by atoms with van der Waals surface area (Å²) in [4.78, 5) is 24.0. The molecule has 0 fully saturated rings. The predicted molar refractivity (Wildman–Crippen MR) is 127 cm³/mol. The largest absolute Gasteiger partial charge is 0.507 e. The smallest absolute Gasteiger partial charge is 0.335 e. The number of halogens is 2. The van der Waals surface area contributed by atoms with Crippen molar-refractivity contribution in [2.75, 3.05) is 0 Å². The number of carbonyl (C=O) groups excluding carboxylic acids is 1. The number of fused-ring (bicyclic) bond motifs is 2. The summed E-state index contributed by atoms with van der Waals surface area (Å²) in [5, 5.41) is 19.8. The Balaban J connectivity index is 0.00000150. The number of carboxylic acids is 1. The molecule has 0 bridgehead atoms. The van der Waals surface area contributed by atoms with Gasteiger partial charge < -0.3 is 14.9 Å². The number of phenols is 1. The molecule has 2 radical (unpaired) electrons. The van der Waals surface area contributed by atoms with Crippen molar-refractivity contribution in [2.24, 2.45) is 5.92 Å². The van der Waals surface area contributed by atoms with Crippen LogP contribution in [0.2, 0.25) is 0 Å². The van der Waals surface area contributed by atoms with Crippen LogP contribution >= 0.6 is 45.2 Å². The van der Waals surface area contributed by atoms with Crippen molar-refractivity contribution in [3.05, 3.63) is 78.1 Å². The Morgan fingerprint density at radius 1 is 1.03 bits per heavy atom. The van der Waals surface area contributed by atoms with Crippen LogP contribution in [-0.2, 0) is 4.79 Å². The molecule has 2 aromatic rings. The number of aromatic hydroxyl groups is 1. The number of allylic oxidation sites excluding steroid dienone is 3. The van der Waals surface area contributed by atoms with Crippen LogP contribution < -0.4 is 4.74 Å². The van der Waals surface area contributed by atoms with E-state index in [1.54, 1.807) is 42.5 Å². The number of ether oxygens (including phenoxy) is 1. The van der Waals surface area contributed by atoms with Gasteiger partial charge in [0.2, 0.25) is 0 Å². The zero-order valence-electron chi connectivity index (χ0n) is 15.6. The first-order valence-electron chi connectivity index (χ1n) is 8.03. The molecular weight excluding hydrogens is 620 g/mol. The van der Waals surface area contributed by atoms with Crippen LogP contribution in [0.4, 0.5) is 0 Å². The van der Waals surface area contributed by atoms with Gasteiger partial charge in [-0.2, -0.15) is 0 Å². The van der Waals surface area contributed by atoms with Crippen molar-refractivity contribution < 1.29 is 24.5 Å². The van der Waals surface area contributed by atoms with E-state index in [0.717, 1.165) is 5.56 Å². The number of benzene rings is 2. The Kier molecular flexibility index (Phi) is 8.89. The molecule has 9 heteroatoms. The van der Waals surface area contributed by atoms with Crippen LogP contribution in [0.3, 0.4) is 0 Å². The molecule has 0 saturated carbocycles. The van der Waals surface area contributed by atoms with E-state index >= 15 is 0 Å². The summed E-state index contributed by atoms with van der Waals surface area (Å²) in [5.74, 6) is -0.781. The molecule has 5 nitrogen and oxygen atoms in total. The molecule has 2 atom stereocenters. The van der Waals surface area contributed by atoms with Gasteiger partial charge in [-0.1, -0.05) is 30.3 Å². The molecule has 2 aromatic carbocycles. The minimum atomic E-state index is -1.01. The van der Waals surface area contributed by atoms with Crippen molar-refractivity contribution in [3.63, 3.8) is 0 Å². The van der Waals surface area contributed by atoms with Crippen LogP contribution in [0.5, 0.6) is 11.5 Å². The Morgan fingerprint density at radius 2 is 1.72 bits per heavy atom. The van der Waals surface area contributed by atoms with E-state index in [0.29, 0.717) is 24.2 Å². The monoisotopic (exact) mass is 632 g/mol. The SMILES string of the molecule is O=C1C=CC2C(=C1I)Oc1c(ccc(O)c1I)C2c1ccccc1C(=O)O.[Na].[Na]. The minimum Gasteiger partial charge on any atom is -0.507 e. The topological polar surface area (TPSA) is 83.8 Å². The number of hydrogen-bond acceptors (Lipinski definition) is 4. The summed E-state index contributed by atoms with van der Waals surface area (Å²) in [5.41, 5.74) is 1.63. The third-order valence-electron chi connectivity index (χ3n) is 4.73. The van der Waals surface area contributed by atoms with Gasteiger partial charge in [-0.05, 0) is 69.0 Å². The van der Waals surface area contributed by atoms with E-state index < -0.39 is 5.97 Å².